The van der Waals surface area contributed by atoms with Gasteiger partial charge in [0.05, 0.1) is 10.8 Å². The summed E-state index contributed by atoms with van der Waals surface area (Å²) in [6.45, 7) is 2.83. The van der Waals surface area contributed by atoms with Gasteiger partial charge in [0.2, 0.25) is 0 Å². The average molecular weight is 160 g/mol. The van der Waals surface area contributed by atoms with Crippen LogP contribution in [0.15, 0.2) is 11.2 Å². The molecule has 1 rings (SSSR count). The van der Waals surface area contributed by atoms with Gasteiger partial charge in [-0.1, -0.05) is 11.8 Å². The molecule has 56 valence electrons. The van der Waals surface area contributed by atoms with Gasteiger partial charge in [-0.15, -0.1) is 0 Å². The molecule has 0 amide bonds. The van der Waals surface area contributed by atoms with Crippen LogP contribution >= 0.6 is 11.8 Å². The minimum Gasteiger partial charge on any atom is -0.352 e. The van der Waals surface area contributed by atoms with Crippen LogP contribution in [0.4, 0.5) is 0 Å². The van der Waals surface area contributed by atoms with Gasteiger partial charge in [-0.2, -0.15) is 0 Å². The maximum absolute atomic E-state index is 9.95. The zero-order valence-corrected chi connectivity index (χ0v) is 6.43. The monoisotopic (exact) mass is 160 g/mol. The van der Waals surface area contributed by atoms with E-state index in [1.165, 1.54) is 11.8 Å². The van der Waals surface area contributed by atoms with E-state index < -0.39 is 4.92 Å². The molecule has 1 heterocycles. The molecule has 0 saturated carbocycles. The first-order valence-corrected chi connectivity index (χ1v) is 3.95. The van der Waals surface area contributed by atoms with Crippen LogP contribution in [0.3, 0.4) is 0 Å². The van der Waals surface area contributed by atoms with Crippen LogP contribution < -0.4 is 0 Å². The Morgan fingerprint density at radius 3 is 3.00 bits per heavy atom. The van der Waals surface area contributed by atoms with Gasteiger partial charge in [0, 0.05) is 6.54 Å². The van der Waals surface area contributed by atoms with E-state index in [9.17, 15) is 10.1 Å². The number of nitro groups is 1. The second kappa shape index (κ2) is 2.92. The van der Waals surface area contributed by atoms with Gasteiger partial charge < -0.3 is 4.90 Å². The minimum atomic E-state index is -0.413. The van der Waals surface area contributed by atoms with Crippen molar-refractivity contribution >= 4 is 11.8 Å². The molecular weight excluding hydrogens is 152 g/mol. The number of hydrogen-bond donors (Lipinski definition) is 0. The highest BCUT2D eigenvalue weighted by atomic mass is 32.2. The van der Waals surface area contributed by atoms with Crippen molar-refractivity contribution in [3.8, 4) is 0 Å². The summed E-state index contributed by atoms with van der Waals surface area (Å²) < 4.78 is 0. The molecule has 0 aromatic carbocycles. The molecule has 0 bridgehead atoms. The van der Waals surface area contributed by atoms with Crippen molar-refractivity contribution < 1.29 is 4.92 Å². The highest BCUT2D eigenvalue weighted by molar-refractivity contribution is 8.04. The Morgan fingerprint density at radius 2 is 2.70 bits per heavy atom. The molecule has 0 N–H and O–H groups in total. The molecule has 4 nitrogen and oxygen atoms in total. The minimum absolute atomic E-state index is 0.413. The molecule has 1 aliphatic heterocycles. The van der Waals surface area contributed by atoms with Crippen LogP contribution in [0, 0.1) is 10.1 Å². The van der Waals surface area contributed by atoms with E-state index in [0.29, 0.717) is 0 Å². The van der Waals surface area contributed by atoms with Gasteiger partial charge in [0.1, 0.15) is 5.03 Å². The maximum atomic E-state index is 9.95. The van der Waals surface area contributed by atoms with Crippen molar-refractivity contribution in [2.45, 2.75) is 6.92 Å². The summed E-state index contributed by atoms with van der Waals surface area (Å²) in [4.78, 5) is 11.5. The van der Waals surface area contributed by atoms with Crippen molar-refractivity contribution in [2.75, 3.05) is 12.4 Å². The van der Waals surface area contributed by atoms with Gasteiger partial charge in [-0.25, -0.2) is 0 Å². The molecule has 0 aromatic heterocycles. The third-order valence-electron chi connectivity index (χ3n) is 1.28. The van der Waals surface area contributed by atoms with Crippen LogP contribution in [-0.4, -0.2) is 22.2 Å². The Hall–Kier alpha value is -0.710. The van der Waals surface area contributed by atoms with Crippen LogP contribution in [0.2, 0.25) is 0 Å². The molecular formula is C5H8N2O2S. The Labute approximate surface area is 63.0 Å². The Balaban J connectivity index is 2.49. The summed E-state index contributed by atoms with van der Waals surface area (Å²) in [7, 11) is 0. The third kappa shape index (κ3) is 1.41. The quantitative estimate of drug-likeness (QED) is 0.448. The molecule has 0 aliphatic carbocycles. The standard InChI is InChI=1S/C5H8N2O2S/c1-2-6-4-10-5(6)3-7(8)9/h3H,2,4H2,1H3. The zero-order chi connectivity index (χ0) is 7.56. The lowest BCUT2D eigenvalue weighted by atomic mass is 10.6. The summed E-state index contributed by atoms with van der Waals surface area (Å²) in [6, 6.07) is 0. The van der Waals surface area contributed by atoms with Gasteiger partial charge in [-0.3, -0.25) is 10.1 Å². The maximum Gasteiger partial charge on any atom is 0.264 e. The number of hydrogen-bond acceptors (Lipinski definition) is 4. The number of thioether (sulfide) groups is 1. The summed E-state index contributed by atoms with van der Waals surface area (Å²) in [5, 5.41) is 10.7. The Bertz CT molecular complexity index is 178. The molecule has 5 heteroatoms. The van der Waals surface area contributed by atoms with Crippen molar-refractivity contribution in [3.05, 3.63) is 21.3 Å². The van der Waals surface area contributed by atoms with E-state index in [2.05, 4.69) is 0 Å². The van der Waals surface area contributed by atoms with E-state index in [-0.39, 0.29) is 0 Å². The fourth-order valence-corrected chi connectivity index (χ4v) is 1.62. The van der Waals surface area contributed by atoms with Crippen LogP contribution in [-0.2, 0) is 0 Å². The fraction of sp³-hybridized carbons (Fsp3) is 0.600. The lowest BCUT2D eigenvalue weighted by Gasteiger charge is -2.31. The SMILES string of the molecule is CCN1CSC1=C[N+](=O)[O-]. The smallest absolute Gasteiger partial charge is 0.264 e. The lowest BCUT2D eigenvalue weighted by Crippen LogP contribution is -2.30. The number of rotatable bonds is 2. The van der Waals surface area contributed by atoms with Crippen molar-refractivity contribution in [2.24, 2.45) is 0 Å². The molecule has 1 aliphatic rings. The molecule has 0 spiro atoms. The summed E-state index contributed by atoms with van der Waals surface area (Å²) in [5.74, 6) is 0.885. The van der Waals surface area contributed by atoms with E-state index in [1.54, 1.807) is 0 Å². The van der Waals surface area contributed by atoms with Crippen LogP contribution in [0.1, 0.15) is 6.92 Å². The van der Waals surface area contributed by atoms with Gasteiger partial charge in [0.25, 0.3) is 6.20 Å². The zero-order valence-electron chi connectivity index (χ0n) is 5.61. The van der Waals surface area contributed by atoms with Crippen molar-refractivity contribution in [3.63, 3.8) is 0 Å². The fourth-order valence-electron chi connectivity index (χ4n) is 0.687. The predicted octanol–water partition coefficient (Wildman–Crippen LogP) is 1.09. The third-order valence-corrected chi connectivity index (χ3v) is 2.38. The van der Waals surface area contributed by atoms with Crippen molar-refractivity contribution in [1.82, 2.24) is 4.90 Å². The molecule has 1 fully saturated rings. The van der Waals surface area contributed by atoms with E-state index in [1.807, 2.05) is 11.8 Å². The molecule has 0 unspecified atom stereocenters. The largest absolute Gasteiger partial charge is 0.352 e. The van der Waals surface area contributed by atoms with Gasteiger partial charge >= 0.3 is 0 Å². The van der Waals surface area contributed by atoms with E-state index in [4.69, 9.17) is 0 Å². The Morgan fingerprint density at radius 1 is 2.00 bits per heavy atom. The molecule has 10 heavy (non-hydrogen) atoms. The number of nitrogens with zero attached hydrogens (tertiary/aromatic N) is 2. The summed E-state index contributed by atoms with van der Waals surface area (Å²) in [5.41, 5.74) is 0. The lowest BCUT2D eigenvalue weighted by molar-refractivity contribution is -0.403. The predicted molar refractivity (Wildman–Crippen MR) is 39.9 cm³/mol. The molecule has 0 aromatic rings. The average Bonchev–Trinajstić information content (AvgIpc) is 1.82. The first kappa shape index (κ1) is 7.40. The molecule has 1 saturated heterocycles. The highest BCUT2D eigenvalue weighted by Crippen LogP contribution is 2.32. The summed E-state index contributed by atoms with van der Waals surface area (Å²) >= 11 is 1.51. The van der Waals surface area contributed by atoms with E-state index in [0.717, 1.165) is 23.7 Å². The molecule has 0 atom stereocenters. The van der Waals surface area contributed by atoms with Crippen LogP contribution in [0.25, 0.3) is 0 Å². The van der Waals surface area contributed by atoms with Gasteiger partial charge in [-0.05, 0) is 6.92 Å². The van der Waals surface area contributed by atoms with Crippen LogP contribution in [0.5, 0.6) is 0 Å². The second-order valence-electron chi connectivity index (χ2n) is 1.88. The normalized spacial score (nSPS) is 20.9. The molecule has 0 radical (unpaired) electrons. The highest BCUT2D eigenvalue weighted by Gasteiger charge is 2.21. The van der Waals surface area contributed by atoms with Gasteiger partial charge in [0.15, 0.2) is 0 Å². The topological polar surface area (TPSA) is 46.4 Å². The first-order valence-electron chi connectivity index (χ1n) is 2.97. The van der Waals surface area contributed by atoms with Crippen molar-refractivity contribution in [1.29, 1.82) is 0 Å². The van der Waals surface area contributed by atoms with E-state index >= 15 is 0 Å². The summed E-state index contributed by atoms with van der Waals surface area (Å²) in [6.07, 6.45) is 1.05. The Kier molecular flexibility index (Phi) is 2.16. The first-order chi connectivity index (χ1) is 4.74. The second-order valence-corrected chi connectivity index (χ2v) is 2.85.